The maximum atomic E-state index is 9.88. The summed E-state index contributed by atoms with van der Waals surface area (Å²) in [5.74, 6) is 0. The topological polar surface area (TPSA) is 116 Å². The SMILES string of the molecule is O=P(O)(O)OP(O)OCO. The molecule has 0 radical (unpaired) electrons. The molecule has 4 N–H and O–H groups in total. The number of hydrogen-bond donors (Lipinski definition) is 4. The van der Waals surface area contributed by atoms with E-state index in [0.29, 0.717) is 0 Å². The van der Waals surface area contributed by atoms with E-state index in [1.54, 1.807) is 0 Å². The Balaban J connectivity index is 3.58. The Hall–Kier alpha value is 0.420. The van der Waals surface area contributed by atoms with Gasteiger partial charge >= 0.3 is 16.4 Å². The van der Waals surface area contributed by atoms with E-state index in [4.69, 9.17) is 19.8 Å². The minimum atomic E-state index is -4.71. The van der Waals surface area contributed by atoms with Gasteiger partial charge in [-0.25, -0.2) is 8.88 Å². The van der Waals surface area contributed by atoms with Gasteiger partial charge in [-0.2, -0.15) is 0 Å². The second-order valence-corrected chi connectivity index (χ2v) is 3.44. The number of aliphatic hydroxyl groups is 1. The monoisotopic (exact) mass is 192 g/mol. The Morgan fingerprint density at radius 3 is 2.30 bits per heavy atom. The third-order valence-electron chi connectivity index (χ3n) is 0.344. The standard InChI is InChI=1S/CH6O7P2/c2-1-7-9(3)8-10(4,5)6/h2-3H,1H2,(H2,4,5,6). The molecular weight excluding hydrogens is 186 g/mol. The summed E-state index contributed by atoms with van der Waals surface area (Å²) in [6, 6.07) is 0. The van der Waals surface area contributed by atoms with Crippen LogP contribution in [0.4, 0.5) is 0 Å². The average molecular weight is 192 g/mol. The molecule has 7 nitrogen and oxygen atoms in total. The van der Waals surface area contributed by atoms with Crippen molar-refractivity contribution < 1.29 is 33.2 Å². The van der Waals surface area contributed by atoms with Gasteiger partial charge in [-0.3, -0.25) is 4.52 Å². The summed E-state index contributed by atoms with van der Waals surface area (Å²) in [4.78, 5) is 24.3. The second-order valence-electron chi connectivity index (χ2n) is 1.07. The molecule has 0 aromatic heterocycles. The van der Waals surface area contributed by atoms with Crippen LogP contribution in [0.5, 0.6) is 0 Å². The first-order valence-electron chi connectivity index (χ1n) is 1.94. The molecule has 0 saturated carbocycles. The quantitative estimate of drug-likeness (QED) is 0.343. The van der Waals surface area contributed by atoms with Crippen LogP contribution >= 0.6 is 16.4 Å². The van der Waals surface area contributed by atoms with E-state index < -0.39 is 23.2 Å². The van der Waals surface area contributed by atoms with Crippen molar-refractivity contribution in [3.8, 4) is 0 Å². The summed E-state index contributed by atoms with van der Waals surface area (Å²) in [5, 5.41) is 7.93. The van der Waals surface area contributed by atoms with Gasteiger partial charge in [0.25, 0.3) is 0 Å². The zero-order valence-electron chi connectivity index (χ0n) is 4.62. The van der Waals surface area contributed by atoms with Gasteiger partial charge < -0.3 is 19.8 Å². The number of aliphatic hydroxyl groups excluding tert-OH is 1. The molecule has 0 aliphatic rings. The van der Waals surface area contributed by atoms with Gasteiger partial charge in [0.05, 0.1) is 0 Å². The fourth-order valence-corrected chi connectivity index (χ4v) is 1.18. The molecule has 1 unspecified atom stereocenters. The smallest absolute Gasteiger partial charge is 0.370 e. The van der Waals surface area contributed by atoms with Gasteiger partial charge in [0, 0.05) is 0 Å². The molecule has 0 amide bonds. The first-order valence-corrected chi connectivity index (χ1v) is 4.60. The lowest BCUT2D eigenvalue weighted by molar-refractivity contribution is 0.0840. The zero-order valence-corrected chi connectivity index (χ0v) is 6.40. The lowest BCUT2D eigenvalue weighted by Crippen LogP contribution is -1.89. The van der Waals surface area contributed by atoms with E-state index in [2.05, 4.69) is 8.83 Å². The van der Waals surface area contributed by atoms with Crippen LogP contribution in [-0.4, -0.2) is 26.6 Å². The van der Waals surface area contributed by atoms with Crippen LogP contribution in [0.2, 0.25) is 0 Å². The van der Waals surface area contributed by atoms with Crippen LogP contribution in [0, 0.1) is 0 Å². The summed E-state index contributed by atoms with van der Waals surface area (Å²) in [6.45, 7) is -0.859. The fourth-order valence-electron chi connectivity index (χ4n) is 0.164. The highest BCUT2D eigenvalue weighted by Crippen LogP contribution is 2.51. The molecular formula is CH6O7P2. The molecule has 0 rings (SSSR count). The predicted molar refractivity (Wildman–Crippen MR) is 30.4 cm³/mol. The third-order valence-corrected chi connectivity index (χ3v) is 2.09. The highest BCUT2D eigenvalue weighted by atomic mass is 31.3. The Bertz CT molecular complexity index is 128. The van der Waals surface area contributed by atoms with Crippen molar-refractivity contribution >= 4 is 16.4 Å². The summed E-state index contributed by atoms with van der Waals surface area (Å²) in [5.41, 5.74) is 0. The Kier molecular flexibility index (Phi) is 4.51. The molecule has 0 aliphatic carbocycles. The van der Waals surface area contributed by atoms with E-state index in [1.165, 1.54) is 0 Å². The maximum Gasteiger partial charge on any atom is 0.476 e. The zero-order chi connectivity index (χ0) is 8.20. The molecule has 62 valence electrons. The lowest BCUT2D eigenvalue weighted by Gasteiger charge is -2.07. The summed E-state index contributed by atoms with van der Waals surface area (Å²) >= 11 is 0. The molecule has 1 atom stereocenters. The third kappa shape index (κ3) is 6.54. The van der Waals surface area contributed by atoms with E-state index >= 15 is 0 Å². The molecule has 0 saturated heterocycles. The Labute approximate surface area is 57.5 Å². The van der Waals surface area contributed by atoms with Crippen molar-refractivity contribution in [2.75, 3.05) is 6.79 Å². The molecule has 0 spiro atoms. The maximum absolute atomic E-state index is 9.88. The number of hydrogen-bond acceptors (Lipinski definition) is 5. The summed E-state index contributed by atoms with van der Waals surface area (Å²) in [6.07, 6.45) is 0. The minimum Gasteiger partial charge on any atom is -0.370 e. The first kappa shape index (κ1) is 10.4. The molecule has 9 heteroatoms. The van der Waals surface area contributed by atoms with Crippen molar-refractivity contribution in [1.82, 2.24) is 0 Å². The first-order chi connectivity index (χ1) is 4.45. The van der Waals surface area contributed by atoms with Crippen molar-refractivity contribution in [2.45, 2.75) is 0 Å². The Morgan fingerprint density at radius 2 is 2.00 bits per heavy atom. The van der Waals surface area contributed by atoms with E-state index in [9.17, 15) is 4.57 Å². The van der Waals surface area contributed by atoms with Gasteiger partial charge in [-0.05, 0) is 0 Å². The lowest BCUT2D eigenvalue weighted by atomic mass is 11.6. The minimum absolute atomic E-state index is 0.859. The Morgan fingerprint density at radius 1 is 1.50 bits per heavy atom. The van der Waals surface area contributed by atoms with Crippen LogP contribution in [-0.2, 0) is 13.4 Å². The van der Waals surface area contributed by atoms with E-state index in [1.807, 2.05) is 0 Å². The molecule has 0 fully saturated rings. The van der Waals surface area contributed by atoms with Crippen LogP contribution < -0.4 is 0 Å². The van der Waals surface area contributed by atoms with Crippen molar-refractivity contribution in [3.63, 3.8) is 0 Å². The molecule has 0 bridgehead atoms. The average Bonchev–Trinajstić information content (AvgIpc) is 1.59. The molecule has 0 aromatic carbocycles. The van der Waals surface area contributed by atoms with Crippen molar-refractivity contribution in [2.24, 2.45) is 0 Å². The highest BCUT2D eigenvalue weighted by Gasteiger charge is 2.21. The van der Waals surface area contributed by atoms with Gasteiger partial charge in [0.2, 0.25) is 0 Å². The molecule has 0 heterocycles. The van der Waals surface area contributed by atoms with Crippen LogP contribution in [0.3, 0.4) is 0 Å². The van der Waals surface area contributed by atoms with E-state index in [-0.39, 0.29) is 0 Å². The molecule has 0 aromatic rings. The van der Waals surface area contributed by atoms with Gasteiger partial charge in [0.1, 0.15) is 0 Å². The summed E-state index contributed by atoms with van der Waals surface area (Å²) < 4.78 is 17.3. The van der Waals surface area contributed by atoms with Gasteiger partial charge in [-0.1, -0.05) is 0 Å². The van der Waals surface area contributed by atoms with E-state index in [0.717, 1.165) is 0 Å². The highest BCUT2D eigenvalue weighted by molar-refractivity contribution is 7.57. The van der Waals surface area contributed by atoms with Gasteiger partial charge in [-0.15, -0.1) is 0 Å². The molecule has 0 aliphatic heterocycles. The number of phosphoric acid groups is 1. The number of rotatable bonds is 4. The fraction of sp³-hybridized carbons (Fsp3) is 1.00. The van der Waals surface area contributed by atoms with Crippen molar-refractivity contribution in [3.05, 3.63) is 0 Å². The van der Waals surface area contributed by atoms with Crippen LogP contribution in [0.1, 0.15) is 0 Å². The van der Waals surface area contributed by atoms with Gasteiger partial charge in [0.15, 0.2) is 6.79 Å². The van der Waals surface area contributed by atoms with Crippen LogP contribution in [0.25, 0.3) is 0 Å². The van der Waals surface area contributed by atoms with Crippen LogP contribution in [0.15, 0.2) is 0 Å². The predicted octanol–water partition coefficient (Wildman–Crippen LogP) is -0.719. The molecule has 10 heavy (non-hydrogen) atoms. The largest absolute Gasteiger partial charge is 0.476 e. The summed E-state index contributed by atoms with van der Waals surface area (Å²) in [7, 11) is -7.39. The second kappa shape index (κ2) is 4.33. The normalized spacial score (nSPS) is 15.2. The van der Waals surface area contributed by atoms with Crippen molar-refractivity contribution in [1.29, 1.82) is 0 Å².